The molecule has 4 rings (SSSR count). The Morgan fingerprint density at radius 1 is 1.07 bits per heavy atom. The van der Waals surface area contributed by atoms with E-state index in [0.29, 0.717) is 18.7 Å². The molecule has 2 aliphatic rings. The highest BCUT2D eigenvalue weighted by Gasteiger charge is 2.31. The molecule has 1 fully saturated rings. The second kappa shape index (κ2) is 6.71. The third-order valence-corrected chi connectivity index (χ3v) is 4.73. The molecule has 2 heterocycles. The van der Waals surface area contributed by atoms with Gasteiger partial charge in [-0.15, -0.1) is 0 Å². The maximum Gasteiger partial charge on any atom is 0.291 e. The standard InChI is InChI=1S/C18H17F3N4O2/c19-10-6-7-11(14(21)13(10)20)23-18(27)16-24-15(17(26)22-9-4-5-9)12-3-1-2-8-25(12)16/h6-7,9H,1-5,8H2,(H,22,26)(H,23,27). The van der Waals surface area contributed by atoms with Gasteiger partial charge in [0.2, 0.25) is 0 Å². The highest BCUT2D eigenvalue weighted by molar-refractivity contribution is 6.03. The number of carbonyl (C=O) groups excluding carboxylic acids is 2. The van der Waals surface area contributed by atoms with E-state index >= 15 is 0 Å². The van der Waals surface area contributed by atoms with Crippen LogP contribution in [0.15, 0.2) is 12.1 Å². The smallest absolute Gasteiger partial charge is 0.291 e. The second-order valence-corrected chi connectivity index (χ2v) is 6.76. The van der Waals surface area contributed by atoms with Crippen LogP contribution in [0, 0.1) is 17.5 Å². The molecule has 0 saturated heterocycles. The van der Waals surface area contributed by atoms with E-state index in [2.05, 4.69) is 15.6 Å². The number of aromatic nitrogens is 2. The van der Waals surface area contributed by atoms with Gasteiger partial charge in [0.15, 0.2) is 23.3 Å². The number of benzene rings is 1. The van der Waals surface area contributed by atoms with E-state index in [0.717, 1.165) is 37.8 Å². The minimum atomic E-state index is -1.66. The maximum absolute atomic E-state index is 13.8. The van der Waals surface area contributed by atoms with Gasteiger partial charge in [-0.25, -0.2) is 18.2 Å². The van der Waals surface area contributed by atoms with E-state index in [1.165, 1.54) is 0 Å². The Labute approximate surface area is 152 Å². The molecule has 1 aromatic heterocycles. The number of rotatable bonds is 4. The molecule has 2 N–H and O–H groups in total. The van der Waals surface area contributed by atoms with Gasteiger partial charge in [0.05, 0.1) is 11.4 Å². The first-order valence-corrected chi connectivity index (χ1v) is 8.81. The number of carbonyl (C=O) groups is 2. The van der Waals surface area contributed by atoms with Crippen molar-refractivity contribution >= 4 is 17.5 Å². The van der Waals surface area contributed by atoms with Crippen LogP contribution in [0.5, 0.6) is 0 Å². The number of nitrogens with zero attached hydrogens (tertiary/aromatic N) is 2. The number of hydrogen-bond acceptors (Lipinski definition) is 3. The molecule has 0 spiro atoms. The third kappa shape index (κ3) is 3.29. The van der Waals surface area contributed by atoms with E-state index in [-0.39, 0.29) is 23.5 Å². The van der Waals surface area contributed by atoms with Crippen molar-refractivity contribution in [2.24, 2.45) is 0 Å². The van der Waals surface area contributed by atoms with Crippen LogP contribution in [0.1, 0.15) is 52.5 Å². The van der Waals surface area contributed by atoms with Crippen LogP contribution in [-0.4, -0.2) is 27.4 Å². The minimum absolute atomic E-state index is 0.0465. The summed E-state index contributed by atoms with van der Waals surface area (Å²) in [6.45, 7) is 0.502. The molecule has 1 saturated carbocycles. The van der Waals surface area contributed by atoms with Gasteiger partial charge in [0.25, 0.3) is 11.8 Å². The summed E-state index contributed by atoms with van der Waals surface area (Å²) in [5.41, 5.74) is 0.365. The molecule has 6 nitrogen and oxygen atoms in total. The van der Waals surface area contributed by atoms with Crippen LogP contribution in [0.2, 0.25) is 0 Å². The van der Waals surface area contributed by atoms with Crippen molar-refractivity contribution < 1.29 is 22.8 Å². The largest absolute Gasteiger partial charge is 0.348 e. The Hall–Kier alpha value is -2.84. The molecule has 2 aromatic rings. The molecule has 27 heavy (non-hydrogen) atoms. The molecular weight excluding hydrogens is 361 g/mol. The first kappa shape index (κ1) is 17.6. The lowest BCUT2D eigenvalue weighted by Crippen LogP contribution is -2.27. The molecule has 1 aliphatic heterocycles. The molecule has 1 aromatic carbocycles. The first-order chi connectivity index (χ1) is 13.0. The average Bonchev–Trinajstić information content (AvgIpc) is 3.38. The van der Waals surface area contributed by atoms with Gasteiger partial charge in [0, 0.05) is 12.6 Å². The van der Waals surface area contributed by atoms with Crippen LogP contribution in [0.4, 0.5) is 18.9 Å². The van der Waals surface area contributed by atoms with Gasteiger partial charge >= 0.3 is 0 Å². The molecule has 0 bridgehead atoms. The highest BCUT2D eigenvalue weighted by Crippen LogP contribution is 2.25. The SMILES string of the molecule is O=C(NC1CC1)c1nc(C(=O)Nc2ccc(F)c(F)c2F)n2c1CCCC2. The van der Waals surface area contributed by atoms with Crippen molar-refractivity contribution in [2.75, 3.05) is 5.32 Å². The van der Waals surface area contributed by atoms with Gasteiger partial charge < -0.3 is 15.2 Å². The van der Waals surface area contributed by atoms with Gasteiger partial charge in [-0.05, 0) is 44.2 Å². The number of imidazole rings is 1. The summed E-state index contributed by atoms with van der Waals surface area (Å²) in [4.78, 5) is 29.2. The van der Waals surface area contributed by atoms with E-state index in [4.69, 9.17) is 0 Å². The minimum Gasteiger partial charge on any atom is -0.348 e. The van der Waals surface area contributed by atoms with Crippen molar-refractivity contribution in [3.63, 3.8) is 0 Å². The number of anilines is 1. The van der Waals surface area contributed by atoms with Crippen LogP contribution in [-0.2, 0) is 13.0 Å². The molecule has 0 atom stereocenters. The van der Waals surface area contributed by atoms with Crippen molar-refractivity contribution in [3.05, 3.63) is 46.8 Å². The van der Waals surface area contributed by atoms with Gasteiger partial charge in [-0.2, -0.15) is 0 Å². The lowest BCUT2D eigenvalue weighted by molar-refractivity contribution is 0.0945. The lowest BCUT2D eigenvalue weighted by atomic mass is 10.1. The summed E-state index contributed by atoms with van der Waals surface area (Å²) in [5, 5.41) is 5.06. The molecule has 142 valence electrons. The normalized spacial score (nSPS) is 16.0. The lowest BCUT2D eigenvalue weighted by Gasteiger charge is -2.17. The van der Waals surface area contributed by atoms with Crippen molar-refractivity contribution in [1.82, 2.24) is 14.9 Å². The van der Waals surface area contributed by atoms with Crippen molar-refractivity contribution in [2.45, 2.75) is 44.7 Å². The molecule has 2 amide bonds. The Morgan fingerprint density at radius 3 is 2.59 bits per heavy atom. The summed E-state index contributed by atoms with van der Waals surface area (Å²) in [6, 6.07) is 1.81. The predicted molar refractivity (Wildman–Crippen MR) is 89.9 cm³/mol. The zero-order chi connectivity index (χ0) is 19.1. The van der Waals surface area contributed by atoms with E-state index in [1.54, 1.807) is 4.57 Å². The van der Waals surface area contributed by atoms with Crippen molar-refractivity contribution in [3.8, 4) is 0 Å². The Balaban J connectivity index is 1.64. The quantitative estimate of drug-likeness (QED) is 0.804. The van der Waals surface area contributed by atoms with Crippen LogP contribution in [0.3, 0.4) is 0 Å². The Morgan fingerprint density at radius 2 is 1.85 bits per heavy atom. The fraction of sp³-hybridized carbons (Fsp3) is 0.389. The predicted octanol–water partition coefficient (Wildman–Crippen LogP) is 2.78. The third-order valence-electron chi connectivity index (χ3n) is 4.73. The summed E-state index contributed by atoms with van der Waals surface area (Å²) < 4.78 is 41.9. The summed E-state index contributed by atoms with van der Waals surface area (Å²) in [5.74, 6) is -5.66. The van der Waals surface area contributed by atoms with Crippen LogP contribution >= 0.6 is 0 Å². The second-order valence-electron chi connectivity index (χ2n) is 6.76. The van der Waals surface area contributed by atoms with E-state index in [1.807, 2.05) is 0 Å². The molecule has 0 radical (unpaired) electrons. The number of fused-ring (bicyclic) bond motifs is 1. The van der Waals surface area contributed by atoms with Crippen LogP contribution < -0.4 is 10.6 Å². The van der Waals surface area contributed by atoms with Gasteiger partial charge in [-0.3, -0.25) is 9.59 Å². The average molecular weight is 378 g/mol. The van der Waals surface area contributed by atoms with Gasteiger partial charge in [-0.1, -0.05) is 0 Å². The fourth-order valence-electron chi connectivity index (χ4n) is 3.18. The summed E-state index contributed by atoms with van der Waals surface area (Å²) in [6.07, 6.45) is 4.13. The highest BCUT2D eigenvalue weighted by atomic mass is 19.2. The maximum atomic E-state index is 13.8. The summed E-state index contributed by atoms with van der Waals surface area (Å²) in [7, 11) is 0. The number of hydrogen-bond donors (Lipinski definition) is 2. The fourth-order valence-corrected chi connectivity index (χ4v) is 3.18. The van der Waals surface area contributed by atoms with Crippen molar-refractivity contribution in [1.29, 1.82) is 0 Å². The Kier molecular flexibility index (Phi) is 4.37. The Bertz CT molecular complexity index is 937. The number of nitrogens with one attached hydrogen (secondary N) is 2. The summed E-state index contributed by atoms with van der Waals surface area (Å²) >= 11 is 0. The topological polar surface area (TPSA) is 76.0 Å². The van der Waals surface area contributed by atoms with E-state index < -0.39 is 29.0 Å². The monoisotopic (exact) mass is 378 g/mol. The molecule has 0 unspecified atom stereocenters. The number of halogens is 3. The zero-order valence-electron chi connectivity index (χ0n) is 14.3. The van der Waals surface area contributed by atoms with Crippen LogP contribution in [0.25, 0.3) is 0 Å². The zero-order valence-corrected chi connectivity index (χ0v) is 14.3. The first-order valence-electron chi connectivity index (χ1n) is 8.81. The van der Waals surface area contributed by atoms with Gasteiger partial charge in [0.1, 0.15) is 5.69 Å². The van der Waals surface area contributed by atoms with E-state index in [9.17, 15) is 22.8 Å². The molecule has 1 aliphatic carbocycles. The number of amides is 2. The molecule has 9 heteroatoms. The molecular formula is C18H17F3N4O2.